The molecule has 2 atom stereocenters. The van der Waals surface area contributed by atoms with Gasteiger partial charge in [-0.05, 0) is 51.8 Å². The molecule has 1 aromatic rings. The lowest BCUT2D eigenvalue weighted by molar-refractivity contribution is 0.183. The highest BCUT2D eigenvalue weighted by molar-refractivity contribution is 5.30. The van der Waals surface area contributed by atoms with Crippen molar-refractivity contribution in [2.45, 2.75) is 52.3 Å². The molecule has 0 aliphatic heterocycles. The molecular weight excluding hydrogens is 238 g/mol. The van der Waals surface area contributed by atoms with Gasteiger partial charge in [-0.1, -0.05) is 12.1 Å². The van der Waals surface area contributed by atoms with Crippen LogP contribution in [0.3, 0.4) is 0 Å². The van der Waals surface area contributed by atoms with Crippen LogP contribution < -0.4 is 10.1 Å². The summed E-state index contributed by atoms with van der Waals surface area (Å²) in [6, 6.07) is 9.04. The van der Waals surface area contributed by atoms with E-state index < -0.39 is 0 Å². The quantitative estimate of drug-likeness (QED) is 0.779. The normalized spacial score (nSPS) is 14.4. The first-order valence-electron chi connectivity index (χ1n) is 7.04. The number of hydrogen-bond donors (Lipinski definition) is 1. The zero-order valence-electron chi connectivity index (χ0n) is 12.8. The number of benzene rings is 1. The number of rotatable bonds is 8. The third-order valence-electron chi connectivity index (χ3n) is 3.02. The average molecular weight is 265 g/mol. The Kier molecular flexibility index (Phi) is 6.89. The third-order valence-corrected chi connectivity index (χ3v) is 3.02. The molecule has 0 amide bonds. The van der Waals surface area contributed by atoms with E-state index in [1.165, 1.54) is 5.56 Å². The molecule has 0 fully saturated rings. The van der Waals surface area contributed by atoms with Crippen LogP contribution in [0.2, 0.25) is 0 Å². The van der Waals surface area contributed by atoms with Crippen molar-refractivity contribution in [3.05, 3.63) is 29.8 Å². The van der Waals surface area contributed by atoms with Crippen LogP contribution in [0.4, 0.5) is 0 Å². The molecule has 0 spiro atoms. The largest absolute Gasteiger partial charge is 0.491 e. The molecule has 3 nitrogen and oxygen atoms in total. The van der Waals surface area contributed by atoms with E-state index in [9.17, 15) is 0 Å². The van der Waals surface area contributed by atoms with E-state index in [4.69, 9.17) is 9.47 Å². The van der Waals surface area contributed by atoms with Crippen molar-refractivity contribution in [2.24, 2.45) is 0 Å². The van der Waals surface area contributed by atoms with Gasteiger partial charge in [-0.25, -0.2) is 0 Å². The Balaban J connectivity index is 2.58. The Labute approximate surface area is 117 Å². The fraction of sp³-hybridized carbons (Fsp3) is 0.625. The van der Waals surface area contributed by atoms with Crippen LogP contribution in [0.25, 0.3) is 0 Å². The Morgan fingerprint density at radius 2 is 1.89 bits per heavy atom. The zero-order valence-corrected chi connectivity index (χ0v) is 12.8. The highest BCUT2D eigenvalue weighted by Crippen LogP contribution is 2.20. The molecule has 1 rings (SSSR count). The first-order chi connectivity index (χ1) is 9.02. The first kappa shape index (κ1) is 16.0. The van der Waals surface area contributed by atoms with Gasteiger partial charge in [0.2, 0.25) is 0 Å². The maximum absolute atomic E-state index is 5.73. The summed E-state index contributed by atoms with van der Waals surface area (Å²) in [7, 11) is 1.74. The highest BCUT2D eigenvalue weighted by atomic mass is 16.5. The van der Waals surface area contributed by atoms with Gasteiger partial charge >= 0.3 is 0 Å². The molecule has 2 unspecified atom stereocenters. The summed E-state index contributed by atoms with van der Waals surface area (Å²) in [4.78, 5) is 0. The van der Waals surface area contributed by atoms with Crippen molar-refractivity contribution in [2.75, 3.05) is 13.7 Å². The molecule has 0 aliphatic carbocycles. The molecule has 0 bridgehead atoms. The monoisotopic (exact) mass is 265 g/mol. The summed E-state index contributed by atoms with van der Waals surface area (Å²) in [5, 5.41) is 3.58. The average Bonchev–Trinajstić information content (AvgIpc) is 2.35. The molecule has 0 radical (unpaired) electrons. The predicted molar refractivity (Wildman–Crippen MR) is 79.7 cm³/mol. The van der Waals surface area contributed by atoms with Crippen molar-refractivity contribution >= 4 is 0 Å². The van der Waals surface area contributed by atoms with Crippen molar-refractivity contribution in [1.29, 1.82) is 0 Å². The van der Waals surface area contributed by atoms with E-state index in [-0.39, 0.29) is 6.10 Å². The maximum atomic E-state index is 5.73. The van der Waals surface area contributed by atoms with E-state index >= 15 is 0 Å². The number of nitrogens with one attached hydrogen (secondary N) is 1. The van der Waals surface area contributed by atoms with Gasteiger partial charge in [-0.3, -0.25) is 0 Å². The van der Waals surface area contributed by atoms with E-state index in [2.05, 4.69) is 31.3 Å². The summed E-state index contributed by atoms with van der Waals surface area (Å²) in [5.74, 6) is 0.936. The first-order valence-corrected chi connectivity index (χ1v) is 7.04. The Morgan fingerprint density at radius 3 is 2.53 bits per heavy atom. The molecule has 1 N–H and O–H groups in total. The molecule has 0 aliphatic rings. The highest BCUT2D eigenvalue weighted by Gasteiger charge is 2.10. The van der Waals surface area contributed by atoms with E-state index in [0.717, 1.165) is 18.8 Å². The summed E-state index contributed by atoms with van der Waals surface area (Å²) in [6.07, 6.45) is 1.22. The fourth-order valence-electron chi connectivity index (χ4n) is 2.03. The Hall–Kier alpha value is -1.06. The summed E-state index contributed by atoms with van der Waals surface area (Å²) in [5.41, 5.74) is 1.25. The lowest BCUT2D eigenvalue weighted by Gasteiger charge is -2.21. The van der Waals surface area contributed by atoms with E-state index in [1.807, 2.05) is 26.0 Å². The van der Waals surface area contributed by atoms with Crippen LogP contribution in [0.1, 0.15) is 45.7 Å². The zero-order chi connectivity index (χ0) is 14.3. The van der Waals surface area contributed by atoms with Crippen LogP contribution >= 0.6 is 0 Å². The molecule has 1 aromatic carbocycles. The minimum atomic E-state index is 0.208. The van der Waals surface area contributed by atoms with Gasteiger partial charge in [0.25, 0.3) is 0 Å². The molecule has 19 heavy (non-hydrogen) atoms. The standard InChI is InChI=1S/C16H27NO2/c1-12(2)19-16-8-6-7-15(11-16)14(4)17-13(3)9-10-18-5/h6-8,11-14,17H,9-10H2,1-5H3. The fourth-order valence-corrected chi connectivity index (χ4v) is 2.03. The minimum absolute atomic E-state index is 0.208. The van der Waals surface area contributed by atoms with Crippen LogP contribution in [0, 0.1) is 0 Å². The van der Waals surface area contributed by atoms with E-state index in [0.29, 0.717) is 12.1 Å². The Bertz CT molecular complexity index is 366. The number of ether oxygens (including phenoxy) is 2. The van der Waals surface area contributed by atoms with Crippen molar-refractivity contribution in [3.63, 3.8) is 0 Å². The molecule has 3 heteroatoms. The van der Waals surface area contributed by atoms with Crippen LogP contribution in [-0.4, -0.2) is 25.9 Å². The second kappa shape index (κ2) is 8.18. The Morgan fingerprint density at radius 1 is 1.16 bits per heavy atom. The summed E-state index contributed by atoms with van der Waals surface area (Å²) in [6.45, 7) is 9.24. The lowest BCUT2D eigenvalue weighted by atomic mass is 10.1. The number of methoxy groups -OCH3 is 1. The molecule has 0 heterocycles. The van der Waals surface area contributed by atoms with Crippen molar-refractivity contribution in [3.8, 4) is 5.75 Å². The SMILES string of the molecule is COCCC(C)NC(C)c1cccc(OC(C)C)c1. The van der Waals surface area contributed by atoms with Crippen molar-refractivity contribution < 1.29 is 9.47 Å². The molecular formula is C16H27NO2. The lowest BCUT2D eigenvalue weighted by Crippen LogP contribution is -2.29. The third kappa shape index (κ3) is 6.08. The minimum Gasteiger partial charge on any atom is -0.491 e. The van der Waals surface area contributed by atoms with Gasteiger partial charge in [0, 0.05) is 25.8 Å². The second-order valence-electron chi connectivity index (χ2n) is 5.31. The maximum Gasteiger partial charge on any atom is 0.120 e. The summed E-state index contributed by atoms with van der Waals surface area (Å²) < 4.78 is 10.8. The van der Waals surface area contributed by atoms with Gasteiger partial charge in [0.1, 0.15) is 5.75 Å². The van der Waals surface area contributed by atoms with Gasteiger partial charge in [-0.15, -0.1) is 0 Å². The number of hydrogen-bond acceptors (Lipinski definition) is 3. The smallest absolute Gasteiger partial charge is 0.120 e. The van der Waals surface area contributed by atoms with Gasteiger partial charge in [-0.2, -0.15) is 0 Å². The van der Waals surface area contributed by atoms with E-state index in [1.54, 1.807) is 7.11 Å². The van der Waals surface area contributed by atoms with Gasteiger partial charge in [0.15, 0.2) is 0 Å². The topological polar surface area (TPSA) is 30.5 Å². The van der Waals surface area contributed by atoms with Crippen LogP contribution in [-0.2, 0) is 4.74 Å². The second-order valence-corrected chi connectivity index (χ2v) is 5.31. The van der Waals surface area contributed by atoms with Crippen LogP contribution in [0.15, 0.2) is 24.3 Å². The molecule has 0 aromatic heterocycles. The van der Waals surface area contributed by atoms with Crippen molar-refractivity contribution in [1.82, 2.24) is 5.32 Å². The summed E-state index contributed by atoms with van der Waals surface area (Å²) >= 11 is 0. The molecule has 0 saturated carbocycles. The molecule has 108 valence electrons. The predicted octanol–water partition coefficient (Wildman–Crippen LogP) is 3.55. The van der Waals surface area contributed by atoms with Crippen LogP contribution in [0.5, 0.6) is 5.75 Å². The molecule has 0 saturated heterocycles. The van der Waals surface area contributed by atoms with Gasteiger partial charge in [0.05, 0.1) is 6.10 Å². The van der Waals surface area contributed by atoms with Gasteiger partial charge < -0.3 is 14.8 Å².